The van der Waals surface area contributed by atoms with Crippen LogP contribution in [0.5, 0.6) is 11.5 Å². The van der Waals surface area contributed by atoms with Gasteiger partial charge >= 0.3 is 0 Å². The maximum absolute atomic E-state index is 12.3. The molecule has 6 heteroatoms. The minimum absolute atomic E-state index is 0.158. The van der Waals surface area contributed by atoms with Crippen LogP contribution in [0, 0.1) is 6.92 Å². The molecule has 1 N–H and O–H groups in total. The van der Waals surface area contributed by atoms with E-state index in [-0.39, 0.29) is 12.0 Å². The number of hydrogen-bond acceptors (Lipinski definition) is 5. The normalized spacial score (nSPS) is 19.7. The maximum Gasteiger partial charge on any atom is 0.265 e. The molecule has 1 aromatic carbocycles. The number of hydrogen-bond donors (Lipinski definition) is 1. The van der Waals surface area contributed by atoms with Gasteiger partial charge in [0.05, 0.1) is 10.7 Å². The molecule has 0 unspecified atom stereocenters. The largest absolute Gasteiger partial charge is 0.482 e. The molecule has 0 bridgehead atoms. The third-order valence-corrected chi connectivity index (χ3v) is 4.27. The average molecular weight is 318 g/mol. The number of nitrogens with one attached hydrogen (secondary N) is 1. The van der Waals surface area contributed by atoms with Crippen molar-refractivity contribution in [2.24, 2.45) is 0 Å². The van der Waals surface area contributed by atoms with E-state index in [4.69, 9.17) is 9.47 Å². The highest BCUT2D eigenvalue weighted by Crippen LogP contribution is 2.33. The standard InChI is InChI=1S/C16H18N2O3S/c1-10-15(21-14-6-4-3-5-13(14)20-10)16(19)17-8-7-12-9-22-11(2)18-12/h3-6,9-10,15H,7-8H2,1-2H3,(H,17,19)/t10-,15+/m1/s1. The summed E-state index contributed by atoms with van der Waals surface area (Å²) in [5.74, 6) is 1.13. The molecule has 116 valence electrons. The number of carbonyl (C=O) groups is 1. The lowest BCUT2D eigenvalue weighted by Gasteiger charge is -2.30. The zero-order valence-electron chi connectivity index (χ0n) is 12.5. The van der Waals surface area contributed by atoms with Gasteiger partial charge in [-0.1, -0.05) is 12.1 Å². The summed E-state index contributed by atoms with van der Waals surface area (Å²) in [7, 11) is 0. The molecule has 22 heavy (non-hydrogen) atoms. The number of ether oxygens (including phenoxy) is 2. The number of thiazole rings is 1. The first kappa shape index (κ1) is 14.8. The highest BCUT2D eigenvalue weighted by molar-refractivity contribution is 7.09. The van der Waals surface area contributed by atoms with E-state index in [1.165, 1.54) is 0 Å². The van der Waals surface area contributed by atoms with Crippen molar-refractivity contribution in [3.8, 4) is 11.5 Å². The van der Waals surface area contributed by atoms with Gasteiger partial charge in [-0.3, -0.25) is 4.79 Å². The predicted molar refractivity (Wildman–Crippen MR) is 84.5 cm³/mol. The molecule has 0 fully saturated rings. The smallest absolute Gasteiger partial charge is 0.265 e. The molecule has 0 saturated heterocycles. The lowest BCUT2D eigenvalue weighted by Crippen LogP contribution is -2.49. The molecule has 2 aromatic rings. The van der Waals surface area contributed by atoms with Crippen molar-refractivity contribution in [1.82, 2.24) is 10.3 Å². The molecule has 1 aliphatic rings. The summed E-state index contributed by atoms with van der Waals surface area (Å²) in [5.41, 5.74) is 1.00. The van der Waals surface area contributed by atoms with Crippen molar-refractivity contribution in [2.45, 2.75) is 32.5 Å². The zero-order chi connectivity index (χ0) is 15.5. The molecule has 0 spiro atoms. The van der Waals surface area contributed by atoms with Crippen LogP contribution in [0.1, 0.15) is 17.6 Å². The Balaban J connectivity index is 1.56. The minimum atomic E-state index is -0.632. The molecule has 3 rings (SSSR count). The SMILES string of the molecule is Cc1nc(CCNC(=O)[C@H]2Oc3ccccc3O[C@@H]2C)cs1. The third-order valence-electron chi connectivity index (χ3n) is 3.45. The van der Waals surface area contributed by atoms with Crippen LogP contribution in [-0.2, 0) is 11.2 Å². The minimum Gasteiger partial charge on any atom is -0.482 e. The Morgan fingerprint density at radius 2 is 2.05 bits per heavy atom. The first-order valence-electron chi connectivity index (χ1n) is 7.24. The number of amides is 1. The predicted octanol–water partition coefficient (Wildman–Crippen LogP) is 2.34. The molecule has 5 nitrogen and oxygen atoms in total. The Kier molecular flexibility index (Phi) is 4.29. The third kappa shape index (κ3) is 3.22. The van der Waals surface area contributed by atoms with Gasteiger partial charge in [0, 0.05) is 18.3 Å². The van der Waals surface area contributed by atoms with Crippen molar-refractivity contribution in [3.63, 3.8) is 0 Å². The molecule has 1 aliphatic heterocycles. The topological polar surface area (TPSA) is 60.5 Å². The van der Waals surface area contributed by atoms with Crippen LogP contribution in [0.4, 0.5) is 0 Å². The number of fused-ring (bicyclic) bond motifs is 1. The summed E-state index contributed by atoms with van der Waals surface area (Å²) in [6.45, 7) is 4.35. The first-order chi connectivity index (χ1) is 10.6. The Morgan fingerprint density at radius 1 is 1.32 bits per heavy atom. The summed E-state index contributed by atoms with van der Waals surface area (Å²) in [5, 5.41) is 5.94. The van der Waals surface area contributed by atoms with E-state index in [1.54, 1.807) is 17.4 Å². The Hall–Kier alpha value is -2.08. The lowest BCUT2D eigenvalue weighted by atomic mass is 10.1. The average Bonchev–Trinajstić information content (AvgIpc) is 2.92. The zero-order valence-corrected chi connectivity index (χ0v) is 13.4. The van der Waals surface area contributed by atoms with Gasteiger partial charge in [0.25, 0.3) is 5.91 Å². The molecule has 0 saturated carbocycles. The van der Waals surface area contributed by atoms with Gasteiger partial charge in [-0.25, -0.2) is 4.98 Å². The van der Waals surface area contributed by atoms with Crippen molar-refractivity contribution in [3.05, 3.63) is 40.3 Å². The second-order valence-electron chi connectivity index (χ2n) is 5.21. The van der Waals surface area contributed by atoms with E-state index in [0.717, 1.165) is 10.7 Å². The number of nitrogens with zero attached hydrogens (tertiary/aromatic N) is 1. The second kappa shape index (κ2) is 6.36. The van der Waals surface area contributed by atoms with Gasteiger partial charge in [0.15, 0.2) is 11.5 Å². The van der Waals surface area contributed by atoms with Gasteiger partial charge < -0.3 is 14.8 Å². The van der Waals surface area contributed by atoms with E-state index >= 15 is 0 Å². The number of aryl methyl sites for hydroxylation is 1. The fourth-order valence-corrected chi connectivity index (χ4v) is 2.99. The van der Waals surface area contributed by atoms with Crippen LogP contribution >= 0.6 is 11.3 Å². The summed E-state index contributed by atoms with van der Waals surface area (Å²) >= 11 is 1.62. The summed E-state index contributed by atoms with van der Waals surface area (Å²) in [4.78, 5) is 16.7. The fraction of sp³-hybridized carbons (Fsp3) is 0.375. The highest BCUT2D eigenvalue weighted by atomic mass is 32.1. The van der Waals surface area contributed by atoms with Crippen molar-refractivity contribution in [1.29, 1.82) is 0 Å². The monoisotopic (exact) mass is 318 g/mol. The van der Waals surface area contributed by atoms with Crippen LogP contribution in [0.25, 0.3) is 0 Å². The number of benzene rings is 1. The van der Waals surface area contributed by atoms with Crippen LogP contribution in [0.2, 0.25) is 0 Å². The molecule has 0 radical (unpaired) electrons. The van der Waals surface area contributed by atoms with Crippen molar-refractivity contribution < 1.29 is 14.3 Å². The van der Waals surface area contributed by atoms with Gasteiger partial charge in [0.2, 0.25) is 6.10 Å². The van der Waals surface area contributed by atoms with Crippen LogP contribution in [0.15, 0.2) is 29.6 Å². The van der Waals surface area contributed by atoms with Gasteiger partial charge in [-0.2, -0.15) is 0 Å². The maximum atomic E-state index is 12.3. The van der Waals surface area contributed by atoms with Gasteiger partial charge in [-0.15, -0.1) is 11.3 Å². The molecule has 1 aromatic heterocycles. The van der Waals surface area contributed by atoms with Crippen molar-refractivity contribution >= 4 is 17.2 Å². The second-order valence-corrected chi connectivity index (χ2v) is 6.27. The van der Waals surface area contributed by atoms with E-state index in [0.29, 0.717) is 24.5 Å². The van der Waals surface area contributed by atoms with E-state index in [9.17, 15) is 4.79 Å². The van der Waals surface area contributed by atoms with Crippen LogP contribution in [-0.4, -0.2) is 29.6 Å². The van der Waals surface area contributed by atoms with Crippen LogP contribution in [0.3, 0.4) is 0 Å². The number of aromatic nitrogens is 1. The Bertz CT molecular complexity index is 671. The molecule has 1 amide bonds. The number of carbonyl (C=O) groups excluding carboxylic acids is 1. The Morgan fingerprint density at radius 3 is 2.73 bits per heavy atom. The first-order valence-corrected chi connectivity index (χ1v) is 8.12. The summed E-state index contributed by atoms with van der Waals surface area (Å²) in [6.07, 6.45) is -0.238. The van der Waals surface area contributed by atoms with Gasteiger partial charge in [0.1, 0.15) is 6.10 Å². The molecular weight excluding hydrogens is 300 g/mol. The van der Waals surface area contributed by atoms with Crippen LogP contribution < -0.4 is 14.8 Å². The number of para-hydroxylation sites is 2. The molecule has 2 heterocycles. The Labute approximate surface area is 133 Å². The van der Waals surface area contributed by atoms with Crippen molar-refractivity contribution in [2.75, 3.05) is 6.54 Å². The lowest BCUT2D eigenvalue weighted by molar-refractivity contribution is -0.133. The highest BCUT2D eigenvalue weighted by Gasteiger charge is 2.33. The van der Waals surface area contributed by atoms with E-state index in [2.05, 4.69) is 10.3 Å². The fourth-order valence-electron chi connectivity index (χ4n) is 2.34. The quantitative estimate of drug-likeness (QED) is 0.940. The van der Waals surface area contributed by atoms with E-state index in [1.807, 2.05) is 37.4 Å². The number of rotatable bonds is 4. The van der Waals surface area contributed by atoms with E-state index < -0.39 is 6.10 Å². The molecule has 2 atom stereocenters. The molecular formula is C16H18N2O3S. The summed E-state index contributed by atoms with van der Waals surface area (Å²) < 4.78 is 11.5. The summed E-state index contributed by atoms with van der Waals surface area (Å²) in [6, 6.07) is 7.38. The molecule has 0 aliphatic carbocycles. The van der Waals surface area contributed by atoms with Gasteiger partial charge in [-0.05, 0) is 26.0 Å².